The van der Waals surface area contributed by atoms with E-state index in [1.54, 1.807) is 17.7 Å². The van der Waals surface area contributed by atoms with Crippen molar-refractivity contribution < 1.29 is 0 Å². The molecular formula is C21H13N5S. The summed E-state index contributed by atoms with van der Waals surface area (Å²) < 4.78 is 1.18. The number of nitrogens with zero attached hydrogens (tertiary/aromatic N) is 3. The molecule has 3 heterocycles. The van der Waals surface area contributed by atoms with Gasteiger partial charge < -0.3 is 10.3 Å². The second-order valence-corrected chi connectivity index (χ2v) is 6.93. The first-order valence-corrected chi connectivity index (χ1v) is 9.21. The van der Waals surface area contributed by atoms with Gasteiger partial charge in [0.25, 0.3) is 0 Å². The molecule has 0 aliphatic carbocycles. The number of aromatic amines is 1. The van der Waals surface area contributed by atoms with Gasteiger partial charge in [0.1, 0.15) is 12.1 Å². The Morgan fingerprint density at radius 3 is 2.85 bits per heavy atom. The first-order valence-electron chi connectivity index (χ1n) is 8.33. The Morgan fingerprint density at radius 1 is 1.07 bits per heavy atom. The molecule has 5 nitrogen and oxygen atoms in total. The standard InChI is InChI=1S/C21H13N5S/c1-2-13-5-3-6-14(11-13)24-21-17-9-10-27-19(17)15-7-4-8-16(18(15)25-21)20-22-12-23-26-20/h1,3-12H,(H,24,25)(H,22,23,26). The largest absolute Gasteiger partial charge is 0.340 e. The van der Waals surface area contributed by atoms with Crippen LogP contribution in [0.4, 0.5) is 11.5 Å². The zero-order chi connectivity index (χ0) is 18.2. The van der Waals surface area contributed by atoms with E-state index in [-0.39, 0.29) is 0 Å². The van der Waals surface area contributed by atoms with E-state index < -0.39 is 0 Å². The van der Waals surface area contributed by atoms with E-state index in [0.29, 0.717) is 5.82 Å². The number of anilines is 2. The lowest BCUT2D eigenvalue weighted by atomic mass is 10.1. The molecule has 0 bridgehead atoms. The smallest absolute Gasteiger partial charge is 0.163 e. The third kappa shape index (κ3) is 2.62. The van der Waals surface area contributed by atoms with E-state index in [2.05, 4.69) is 43.9 Å². The van der Waals surface area contributed by atoms with Crippen LogP contribution >= 0.6 is 11.3 Å². The van der Waals surface area contributed by atoms with Crippen LogP contribution in [-0.4, -0.2) is 20.2 Å². The molecule has 0 atom stereocenters. The van der Waals surface area contributed by atoms with Gasteiger partial charge in [0.15, 0.2) is 5.82 Å². The topological polar surface area (TPSA) is 66.5 Å². The SMILES string of the molecule is C#Cc1cccc(Nc2nc3c(-c4nnc[nH]4)cccc3c3sccc23)c1. The highest BCUT2D eigenvalue weighted by Gasteiger charge is 2.14. The fourth-order valence-corrected chi connectivity index (χ4v) is 4.09. The molecule has 27 heavy (non-hydrogen) atoms. The molecule has 0 saturated carbocycles. The molecule has 5 aromatic rings. The molecule has 0 radical (unpaired) electrons. The molecule has 0 unspecified atom stereocenters. The van der Waals surface area contributed by atoms with Crippen molar-refractivity contribution in [2.75, 3.05) is 5.32 Å². The van der Waals surface area contributed by atoms with Gasteiger partial charge >= 0.3 is 0 Å². The maximum absolute atomic E-state index is 5.53. The molecule has 0 saturated heterocycles. The molecule has 0 aliphatic heterocycles. The fourth-order valence-electron chi connectivity index (χ4n) is 3.17. The van der Waals surface area contributed by atoms with Gasteiger partial charge in [-0.2, -0.15) is 0 Å². The summed E-state index contributed by atoms with van der Waals surface area (Å²) in [4.78, 5) is 8.01. The molecule has 3 aromatic heterocycles. The van der Waals surface area contributed by atoms with Crippen molar-refractivity contribution in [3.8, 4) is 23.7 Å². The summed E-state index contributed by atoms with van der Waals surface area (Å²) in [6.07, 6.45) is 7.10. The maximum atomic E-state index is 5.53. The van der Waals surface area contributed by atoms with Crippen LogP contribution in [0.25, 0.3) is 32.4 Å². The van der Waals surface area contributed by atoms with E-state index in [1.807, 2.05) is 36.4 Å². The number of benzene rings is 2. The van der Waals surface area contributed by atoms with Gasteiger partial charge in [-0.3, -0.25) is 0 Å². The lowest BCUT2D eigenvalue weighted by molar-refractivity contribution is 1.10. The fraction of sp³-hybridized carbons (Fsp3) is 0. The van der Waals surface area contributed by atoms with Gasteiger partial charge in [-0.05, 0) is 35.7 Å². The summed E-state index contributed by atoms with van der Waals surface area (Å²) in [6.45, 7) is 0. The minimum atomic E-state index is 0.698. The van der Waals surface area contributed by atoms with E-state index >= 15 is 0 Å². The number of fused-ring (bicyclic) bond motifs is 3. The van der Waals surface area contributed by atoms with Crippen molar-refractivity contribution in [2.24, 2.45) is 0 Å². The van der Waals surface area contributed by atoms with Gasteiger partial charge in [0.2, 0.25) is 0 Å². The van der Waals surface area contributed by atoms with Crippen LogP contribution in [0.5, 0.6) is 0 Å². The third-order valence-electron chi connectivity index (χ3n) is 4.39. The van der Waals surface area contributed by atoms with Crippen LogP contribution in [0.3, 0.4) is 0 Å². The monoisotopic (exact) mass is 367 g/mol. The van der Waals surface area contributed by atoms with Crippen molar-refractivity contribution in [3.63, 3.8) is 0 Å². The average Bonchev–Trinajstić information content (AvgIpc) is 3.40. The maximum Gasteiger partial charge on any atom is 0.163 e. The Hall–Kier alpha value is -3.69. The summed E-state index contributed by atoms with van der Waals surface area (Å²) in [5, 5.41) is 15.7. The van der Waals surface area contributed by atoms with Crippen LogP contribution in [0.15, 0.2) is 60.2 Å². The predicted molar refractivity (Wildman–Crippen MR) is 110 cm³/mol. The molecule has 0 aliphatic rings. The highest BCUT2D eigenvalue weighted by atomic mass is 32.1. The predicted octanol–water partition coefficient (Wildman–Crippen LogP) is 4.96. The molecule has 5 rings (SSSR count). The quantitative estimate of drug-likeness (QED) is 0.442. The minimum absolute atomic E-state index is 0.698. The number of aromatic nitrogens is 4. The van der Waals surface area contributed by atoms with E-state index in [0.717, 1.165) is 38.9 Å². The minimum Gasteiger partial charge on any atom is -0.340 e. The number of thiophene rings is 1. The zero-order valence-electron chi connectivity index (χ0n) is 14.1. The van der Waals surface area contributed by atoms with Crippen LogP contribution in [0.1, 0.15) is 5.56 Å². The summed E-state index contributed by atoms with van der Waals surface area (Å²) in [6, 6.07) is 15.9. The number of nitrogens with one attached hydrogen (secondary N) is 2. The van der Waals surface area contributed by atoms with Crippen molar-refractivity contribution in [1.82, 2.24) is 20.2 Å². The number of rotatable bonds is 3. The van der Waals surface area contributed by atoms with Crippen molar-refractivity contribution in [3.05, 3.63) is 65.8 Å². The van der Waals surface area contributed by atoms with Gasteiger partial charge in [-0.15, -0.1) is 28.0 Å². The Bertz CT molecular complexity index is 1310. The molecule has 2 aromatic carbocycles. The molecule has 6 heteroatoms. The second kappa shape index (κ2) is 6.24. The first kappa shape index (κ1) is 15.6. The first-order chi connectivity index (χ1) is 13.3. The second-order valence-electron chi connectivity index (χ2n) is 6.01. The molecule has 0 fully saturated rings. The van der Waals surface area contributed by atoms with Crippen molar-refractivity contribution in [1.29, 1.82) is 0 Å². The van der Waals surface area contributed by atoms with Crippen molar-refractivity contribution >= 4 is 43.8 Å². The summed E-state index contributed by atoms with van der Waals surface area (Å²) in [5.41, 5.74) is 3.52. The molecule has 128 valence electrons. The van der Waals surface area contributed by atoms with Gasteiger partial charge in [0.05, 0.1) is 5.52 Å². The lowest BCUT2D eigenvalue weighted by Crippen LogP contribution is -1.96. The van der Waals surface area contributed by atoms with Crippen molar-refractivity contribution in [2.45, 2.75) is 0 Å². The Labute approximate surface area is 159 Å². The van der Waals surface area contributed by atoms with Crippen LogP contribution < -0.4 is 5.32 Å². The Balaban J connectivity index is 1.75. The van der Waals surface area contributed by atoms with Gasteiger partial charge in [-0.1, -0.05) is 24.1 Å². The highest BCUT2D eigenvalue weighted by molar-refractivity contribution is 7.18. The molecule has 0 spiro atoms. The summed E-state index contributed by atoms with van der Waals surface area (Å²) in [7, 11) is 0. The number of H-pyrrole nitrogens is 1. The van der Waals surface area contributed by atoms with Crippen LogP contribution in [-0.2, 0) is 0 Å². The van der Waals surface area contributed by atoms with Gasteiger partial charge in [-0.25, -0.2) is 4.98 Å². The zero-order valence-corrected chi connectivity index (χ0v) is 14.9. The van der Waals surface area contributed by atoms with Crippen LogP contribution in [0.2, 0.25) is 0 Å². The normalized spacial score (nSPS) is 10.9. The number of hydrogen-bond acceptors (Lipinski definition) is 5. The Kier molecular flexibility index (Phi) is 3.59. The van der Waals surface area contributed by atoms with E-state index in [4.69, 9.17) is 11.4 Å². The average molecular weight is 367 g/mol. The highest BCUT2D eigenvalue weighted by Crippen LogP contribution is 2.37. The molecular weight excluding hydrogens is 354 g/mol. The molecule has 0 amide bonds. The summed E-state index contributed by atoms with van der Waals surface area (Å²) in [5.74, 6) is 4.15. The number of hydrogen-bond donors (Lipinski definition) is 2. The number of pyridine rings is 1. The van der Waals surface area contributed by atoms with E-state index in [9.17, 15) is 0 Å². The lowest BCUT2D eigenvalue weighted by Gasteiger charge is -2.11. The number of para-hydroxylation sites is 1. The van der Waals surface area contributed by atoms with Gasteiger partial charge in [0, 0.05) is 32.3 Å². The van der Waals surface area contributed by atoms with E-state index in [1.165, 1.54) is 4.70 Å². The third-order valence-corrected chi connectivity index (χ3v) is 5.34. The number of terminal acetylenes is 1. The Morgan fingerprint density at radius 2 is 2.00 bits per heavy atom. The summed E-state index contributed by atoms with van der Waals surface area (Å²) >= 11 is 1.70. The molecule has 2 N–H and O–H groups in total. The van der Waals surface area contributed by atoms with Crippen LogP contribution in [0, 0.1) is 12.3 Å².